The minimum Gasteiger partial charge on any atom is -0.310 e. The quantitative estimate of drug-likeness (QED) is 0.856. The molecule has 1 aliphatic carbocycles. The fraction of sp³-hybridized carbons (Fsp3) is 1.00. The van der Waals surface area contributed by atoms with Gasteiger partial charge in [0.05, 0.1) is 11.5 Å². The maximum absolute atomic E-state index is 11.6. The Morgan fingerprint density at radius 2 is 1.78 bits per heavy atom. The van der Waals surface area contributed by atoms with E-state index in [4.69, 9.17) is 0 Å². The molecule has 0 spiro atoms. The third kappa shape index (κ3) is 4.23. The molecule has 18 heavy (non-hydrogen) atoms. The Morgan fingerprint density at radius 3 is 2.39 bits per heavy atom. The van der Waals surface area contributed by atoms with Crippen LogP contribution in [-0.4, -0.2) is 32.0 Å². The summed E-state index contributed by atoms with van der Waals surface area (Å²) in [5.74, 6) is 1.68. The van der Waals surface area contributed by atoms with E-state index >= 15 is 0 Å². The van der Waals surface area contributed by atoms with Gasteiger partial charge in [-0.15, -0.1) is 0 Å². The summed E-state index contributed by atoms with van der Waals surface area (Å²) >= 11 is 0. The molecule has 1 atom stereocenters. The molecule has 0 aromatic carbocycles. The summed E-state index contributed by atoms with van der Waals surface area (Å²) in [4.78, 5) is 0. The van der Waals surface area contributed by atoms with Gasteiger partial charge < -0.3 is 5.32 Å². The van der Waals surface area contributed by atoms with E-state index < -0.39 is 9.84 Å². The minimum atomic E-state index is -2.76. The fourth-order valence-electron chi connectivity index (χ4n) is 3.51. The number of hydrogen-bond acceptors (Lipinski definition) is 3. The third-order valence-corrected chi connectivity index (χ3v) is 6.30. The van der Waals surface area contributed by atoms with E-state index in [9.17, 15) is 8.42 Å². The number of hydrogen-bond donors (Lipinski definition) is 1. The first-order chi connectivity index (χ1) is 8.59. The topological polar surface area (TPSA) is 46.2 Å². The molecule has 0 aromatic rings. The Morgan fingerprint density at radius 1 is 1.06 bits per heavy atom. The van der Waals surface area contributed by atoms with E-state index in [1.54, 1.807) is 0 Å². The Kier molecular flexibility index (Phi) is 5.07. The van der Waals surface area contributed by atoms with Crippen molar-refractivity contribution in [3.8, 4) is 0 Å². The Labute approximate surface area is 112 Å². The number of nitrogens with one attached hydrogen (secondary N) is 1. The summed E-state index contributed by atoms with van der Waals surface area (Å²) in [5.41, 5.74) is 0. The van der Waals surface area contributed by atoms with E-state index in [1.165, 1.54) is 38.5 Å². The normalized spacial score (nSPS) is 36.4. The van der Waals surface area contributed by atoms with Crippen molar-refractivity contribution in [2.24, 2.45) is 5.92 Å². The van der Waals surface area contributed by atoms with Gasteiger partial charge in [0.15, 0.2) is 9.84 Å². The van der Waals surface area contributed by atoms with E-state index in [0.717, 1.165) is 18.8 Å². The molecule has 1 saturated carbocycles. The lowest BCUT2D eigenvalue weighted by atomic mass is 9.83. The van der Waals surface area contributed by atoms with Crippen molar-refractivity contribution < 1.29 is 8.42 Å². The molecule has 2 rings (SSSR count). The molecule has 1 saturated heterocycles. The molecule has 2 aliphatic rings. The first-order valence-electron chi connectivity index (χ1n) is 7.55. The molecular weight excluding hydrogens is 246 g/mol. The van der Waals surface area contributed by atoms with E-state index in [2.05, 4.69) is 12.2 Å². The van der Waals surface area contributed by atoms with Crippen molar-refractivity contribution in [1.29, 1.82) is 0 Å². The summed E-state index contributed by atoms with van der Waals surface area (Å²) in [6.45, 7) is 2.26. The molecule has 0 amide bonds. The first-order valence-corrected chi connectivity index (χ1v) is 9.37. The monoisotopic (exact) mass is 273 g/mol. The van der Waals surface area contributed by atoms with Crippen LogP contribution >= 0.6 is 0 Å². The maximum atomic E-state index is 11.6. The lowest BCUT2D eigenvalue weighted by molar-refractivity contribution is 0.262. The van der Waals surface area contributed by atoms with Crippen LogP contribution in [0.2, 0.25) is 0 Å². The maximum Gasteiger partial charge on any atom is 0.151 e. The highest BCUT2D eigenvalue weighted by molar-refractivity contribution is 7.91. The third-order valence-electron chi connectivity index (χ3n) is 4.48. The van der Waals surface area contributed by atoms with Gasteiger partial charge in [-0.3, -0.25) is 0 Å². The van der Waals surface area contributed by atoms with Gasteiger partial charge in [0.1, 0.15) is 0 Å². The molecule has 0 aromatic heterocycles. The van der Waals surface area contributed by atoms with Crippen LogP contribution in [0.25, 0.3) is 0 Å². The highest BCUT2D eigenvalue weighted by Gasteiger charge is 2.28. The second-order valence-electron chi connectivity index (χ2n) is 6.13. The van der Waals surface area contributed by atoms with E-state index in [0.29, 0.717) is 17.5 Å². The smallest absolute Gasteiger partial charge is 0.151 e. The Bertz CT molecular complexity index is 345. The SMILES string of the molecule is CCCC1CCC(NC2CCCS(=O)(=O)C2)CC1. The average Bonchev–Trinajstić information content (AvgIpc) is 2.31. The molecule has 0 radical (unpaired) electrons. The lowest BCUT2D eigenvalue weighted by Crippen LogP contribution is -2.46. The van der Waals surface area contributed by atoms with Crippen molar-refractivity contribution in [2.75, 3.05) is 11.5 Å². The van der Waals surface area contributed by atoms with Crippen molar-refractivity contribution >= 4 is 9.84 Å². The Hall–Kier alpha value is -0.0900. The molecular formula is C14H27NO2S. The summed E-state index contributed by atoms with van der Waals surface area (Å²) in [6.07, 6.45) is 9.66. The van der Waals surface area contributed by atoms with E-state index in [1.807, 2.05) is 0 Å². The second-order valence-corrected chi connectivity index (χ2v) is 8.36. The highest BCUT2D eigenvalue weighted by Crippen LogP contribution is 2.28. The zero-order valence-corrected chi connectivity index (χ0v) is 12.3. The first kappa shape index (κ1) is 14.3. The molecule has 1 aliphatic heterocycles. The molecule has 1 unspecified atom stereocenters. The van der Waals surface area contributed by atoms with Gasteiger partial charge in [-0.1, -0.05) is 19.8 Å². The molecule has 1 heterocycles. The molecule has 4 heteroatoms. The van der Waals surface area contributed by atoms with Crippen molar-refractivity contribution in [3.05, 3.63) is 0 Å². The van der Waals surface area contributed by atoms with Gasteiger partial charge in [-0.2, -0.15) is 0 Å². The van der Waals surface area contributed by atoms with Gasteiger partial charge in [0, 0.05) is 12.1 Å². The molecule has 0 bridgehead atoms. The fourth-order valence-corrected chi connectivity index (χ4v) is 5.16. The van der Waals surface area contributed by atoms with E-state index in [-0.39, 0.29) is 6.04 Å². The van der Waals surface area contributed by atoms with Crippen LogP contribution in [0.4, 0.5) is 0 Å². The zero-order chi connectivity index (χ0) is 13.0. The largest absolute Gasteiger partial charge is 0.310 e. The highest BCUT2D eigenvalue weighted by atomic mass is 32.2. The number of sulfone groups is 1. The summed E-state index contributed by atoms with van der Waals surface area (Å²) in [7, 11) is -2.76. The van der Waals surface area contributed by atoms with Crippen LogP contribution in [0.15, 0.2) is 0 Å². The zero-order valence-electron chi connectivity index (χ0n) is 11.5. The molecule has 106 valence electrons. The van der Waals surface area contributed by atoms with Crippen molar-refractivity contribution in [1.82, 2.24) is 5.32 Å². The number of rotatable bonds is 4. The van der Waals surface area contributed by atoms with Crippen LogP contribution in [0.3, 0.4) is 0 Å². The van der Waals surface area contributed by atoms with Crippen LogP contribution in [-0.2, 0) is 9.84 Å². The van der Waals surface area contributed by atoms with Gasteiger partial charge in [0.2, 0.25) is 0 Å². The predicted octanol–water partition coefficient (Wildman–Crippen LogP) is 2.51. The van der Waals surface area contributed by atoms with Crippen LogP contribution in [0.1, 0.15) is 58.3 Å². The van der Waals surface area contributed by atoms with Gasteiger partial charge in [0.25, 0.3) is 0 Å². The summed E-state index contributed by atoms with van der Waals surface area (Å²) in [6, 6.07) is 0.785. The Balaban J connectivity index is 1.74. The van der Waals surface area contributed by atoms with Crippen LogP contribution in [0, 0.1) is 5.92 Å². The second kappa shape index (κ2) is 6.38. The summed E-state index contributed by atoms with van der Waals surface area (Å²) in [5, 5.41) is 3.60. The van der Waals surface area contributed by atoms with Gasteiger partial charge in [-0.25, -0.2) is 8.42 Å². The predicted molar refractivity (Wildman–Crippen MR) is 75.5 cm³/mol. The van der Waals surface area contributed by atoms with Crippen LogP contribution < -0.4 is 5.32 Å². The minimum absolute atomic E-state index is 0.219. The lowest BCUT2D eigenvalue weighted by Gasteiger charge is -2.33. The van der Waals surface area contributed by atoms with Crippen LogP contribution in [0.5, 0.6) is 0 Å². The molecule has 1 N–H and O–H groups in total. The molecule has 3 nitrogen and oxygen atoms in total. The average molecular weight is 273 g/mol. The van der Waals surface area contributed by atoms with Crippen molar-refractivity contribution in [2.45, 2.75) is 70.4 Å². The van der Waals surface area contributed by atoms with Gasteiger partial charge >= 0.3 is 0 Å². The standard InChI is InChI=1S/C14H27NO2S/c1-2-4-12-6-8-13(9-7-12)15-14-5-3-10-18(16,17)11-14/h12-15H,2-11H2,1H3. The van der Waals surface area contributed by atoms with Crippen molar-refractivity contribution in [3.63, 3.8) is 0 Å². The van der Waals surface area contributed by atoms with Gasteiger partial charge in [-0.05, 0) is 44.4 Å². The molecule has 2 fully saturated rings. The summed E-state index contributed by atoms with van der Waals surface area (Å²) < 4.78 is 23.2.